The molecule has 0 saturated carbocycles. The van der Waals surface area contributed by atoms with Crippen molar-refractivity contribution < 1.29 is 162 Å². The third kappa shape index (κ3) is 95.7. The largest absolute Gasteiger partial charge is 0.466 e. The van der Waals surface area contributed by atoms with Gasteiger partial charge >= 0.3 is 53.7 Å². The van der Waals surface area contributed by atoms with E-state index in [4.69, 9.17) is 28.4 Å². The molecule has 0 heterocycles. The van der Waals surface area contributed by atoms with Gasteiger partial charge in [-0.3, -0.25) is 81.5 Å². The van der Waals surface area contributed by atoms with Crippen LogP contribution in [0.3, 0.4) is 0 Å². The van der Waals surface area contributed by atoms with E-state index in [0.29, 0.717) is 39.3 Å². The van der Waals surface area contributed by atoms with Crippen molar-refractivity contribution in [3.63, 3.8) is 0 Å². The lowest BCUT2D eigenvalue weighted by Crippen LogP contribution is -2.33. The zero-order valence-electron chi connectivity index (χ0n) is 93.6. The third-order valence-electron chi connectivity index (χ3n) is 17.0. The van der Waals surface area contributed by atoms with Crippen LogP contribution >= 0.6 is 0 Å². The van der Waals surface area contributed by atoms with Crippen LogP contribution in [0.4, 0.5) is 0 Å². The van der Waals surface area contributed by atoms with Crippen LogP contribution < -0.4 is 0 Å². The number of ketones is 16. The molecule has 808 valence electrons. The smallest absolute Gasteiger partial charge is 0.331 e. The molecular formula is C108H172O34. The molecule has 0 spiro atoms. The lowest BCUT2D eigenvalue weighted by atomic mass is 9.88. The SMILES string of the molecule is CC(=O)/C=C/C(=O)OC(C)C(=O)C(C)(C)C.CC(=O)/C=C/C(=O)OCC(=O)C(C)(C)C.CC(=O)/C=C\C(=O)OC(C)C(=O)C(C)(C)C.CC(=O)C(C)OC(=O)/C=C/C(=O)C(C)(C)C.CC(=O)C(C)OC(=O)/C=C\C(=O)C(C)(C)C.CC(=O)CCC(=O)C(C)(C)C.CCOC(=O)/C=C/C(=O)C(C)(C)C.CCOC(=O)/C=C\C(=O)C(C)(C)C.CCOC(=O)CCC(=O)C(C)(C)C.CCOC(=O)CCC(=O)C(C)(C)C. The lowest BCUT2D eigenvalue weighted by Gasteiger charge is -2.21. The summed E-state index contributed by atoms with van der Waals surface area (Å²) in [6.07, 6.45) is 14.2. The van der Waals surface area contributed by atoms with Gasteiger partial charge in [0.05, 0.1) is 39.3 Å². The van der Waals surface area contributed by atoms with E-state index in [1.807, 2.05) is 62.3 Å². The number of allylic oxidation sites excluding steroid dienone is 7. The van der Waals surface area contributed by atoms with Gasteiger partial charge in [0, 0.05) is 122 Å². The molecule has 0 N–H and O–H groups in total. The van der Waals surface area contributed by atoms with Gasteiger partial charge in [-0.15, -0.1) is 0 Å². The van der Waals surface area contributed by atoms with E-state index in [-0.39, 0.29) is 153 Å². The standard InChI is InChI=1S/4C12H18O4.C11H16O4.2C10H18O3.2C10H16O3.C9H16O2/c2*1-8(13)9(2)16-11(15)7-6-10(14)12(3,4)5;2*1-8(13)6-7-10(14)16-9(2)11(15)12(3,4)5;1-8(12)5-6-10(14)15-7-9(13)11(2,3)4;4*1-5-13-9(12)7-6-8(11)10(2,3)4;1-7(10)5-6-8(11)9(2,3)4/h4*6-7,9H,1-5H3;5-6H,7H2,1-4H3;2*5-7H2,1-4H3;2*6-7H,5H2,1-4H3;5-6H2,1-4H3/b7-6+;7-6-;7-6+;7-6-;6-5+;;;7-6+;7-6-;. The van der Waals surface area contributed by atoms with E-state index in [9.17, 15) is 120 Å². The maximum absolute atomic E-state index is 11.7. The zero-order valence-corrected chi connectivity index (χ0v) is 93.6. The van der Waals surface area contributed by atoms with Gasteiger partial charge < -0.3 is 47.4 Å². The van der Waals surface area contributed by atoms with Crippen molar-refractivity contribution in [3.05, 3.63) is 85.1 Å². The first-order valence-electron chi connectivity index (χ1n) is 46.5. The Kier molecular flexibility index (Phi) is 78.5. The van der Waals surface area contributed by atoms with Crippen LogP contribution in [0.15, 0.2) is 85.1 Å². The highest BCUT2D eigenvalue weighted by atomic mass is 16.6. The number of Topliss-reactive ketones (excluding diaryl/α,β-unsaturated/α-hetero) is 9. The van der Waals surface area contributed by atoms with Gasteiger partial charge in [-0.05, 0) is 139 Å². The van der Waals surface area contributed by atoms with Gasteiger partial charge in [0.1, 0.15) is 23.1 Å². The molecule has 142 heavy (non-hydrogen) atoms. The molecule has 0 bridgehead atoms. The van der Waals surface area contributed by atoms with Crippen LogP contribution in [0.1, 0.15) is 343 Å². The Labute approximate surface area is 844 Å². The van der Waals surface area contributed by atoms with Crippen molar-refractivity contribution in [1.82, 2.24) is 0 Å². The van der Waals surface area contributed by atoms with Crippen LogP contribution in [0, 0.1) is 54.1 Å². The molecule has 34 heteroatoms. The van der Waals surface area contributed by atoms with Gasteiger partial charge in [-0.25, -0.2) is 33.6 Å². The molecule has 0 aromatic rings. The van der Waals surface area contributed by atoms with Crippen molar-refractivity contribution in [2.24, 2.45) is 54.1 Å². The van der Waals surface area contributed by atoms with Gasteiger partial charge in [0.2, 0.25) is 0 Å². The van der Waals surface area contributed by atoms with Crippen molar-refractivity contribution >= 4 is 146 Å². The fourth-order valence-corrected chi connectivity index (χ4v) is 7.57. The van der Waals surface area contributed by atoms with Gasteiger partial charge in [-0.1, -0.05) is 208 Å². The Hall–Kier alpha value is -11.9. The Morgan fingerprint density at radius 2 is 0.394 bits per heavy atom. The van der Waals surface area contributed by atoms with Crippen LogP contribution in [0.25, 0.3) is 0 Å². The summed E-state index contributed by atoms with van der Waals surface area (Å²) >= 11 is 0. The first-order chi connectivity index (χ1) is 63.6. The van der Waals surface area contributed by atoms with E-state index >= 15 is 0 Å². The molecule has 0 amide bonds. The molecule has 0 radical (unpaired) electrons. The molecule has 0 aromatic carbocycles. The van der Waals surface area contributed by atoms with Crippen molar-refractivity contribution in [2.45, 2.75) is 368 Å². The topological polar surface area (TPSA) is 510 Å². The number of hydrogen-bond acceptors (Lipinski definition) is 34. The number of carbonyl (C=O) groups is 25. The molecule has 0 fully saturated rings. The lowest BCUT2D eigenvalue weighted by molar-refractivity contribution is -0.152. The van der Waals surface area contributed by atoms with Crippen LogP contribution in [-0.2, 0) is 162 Å². The monoisotopic (exact) mass is 2010 g/mol. The zero-order chi connectivity index (χ0) is 115. The second kappa shape index (κ2) is 74.1. The Balaban J connectivity index is -0.000000171. The number of ether oxygens (including phenoxy) is 9. The van der Waals surface area contributed by atoms with E-state index < -0.39 is 104 Å². The summed E-state index contributed by atoms with van der Waals surface area (Å²) in [5.41, 5.74) is -4.56. The van der Waals surface area contributed by atoms with Crippen molar-refractivity contribution in [1.29, 1.82) is 0 Å². The van der Waals surface area contributed by atoms with Gasteiger partial charge in [0.25, 0.3) is 0 Å². The average Bonchev–Trinajstić information content (AvgIpc) is 0.874. The van der Waals surface area contributed by atoms with E-state index in [2.05, 4.69) is 14.2 Å². The third-order valence-corrected chi connectivity index (χ3v) is 17.0. The Morgan fingerprint density at radius 1 is 0.204 bits per heavy atom. The predicted octanol–water partition coefficient (Wildman–Crippen LogP) is 17.3. The summed E-state index contributed by atoms with van der Waals surface area (Å²) in [6.45, 7) is 76.0. The van der Waals surface area contributed by atoms with Crippen LogP contribution in [0.2, 0.25) is 0 Å². The summed E-state index contributed by atoms with van der Waals surface area (Å²) in [6, 6.07) is 0. The van der Waals surface area contributed by atoms with Gasteiger partial charge in [-0.2, -0.15) is 0 Å². The molecule has 4 unspecified atom stereocenters. The number of esters is 9. The quantitative estimate of drug-likeness (QED) is 0.0317. The van der Waals surface area contributed by atoms with Crippen molar-refractivity contribution in [3.8, 4) is 0 Å². The molecule has 34 nitrogen and oxygen atoms in total. The molecule has 0 aliphatic carbocycles. The highest BCUT2D eigenvalue weighted by molar-refractivity contribution is 6.03. The minimum atomic E-state index is -0.802. The molecule has 0 aromatic heterocycles. The second-order valence-electron chi connectivity index (χ2n) is 42.0. The summed E-state index contributed by atoms with van der Waals surface area (Å²) in [7, 11) is 0. The number of rotatable bonds is 37. The molecule has 0 aliphatic heterocycles. The highest BCUT2D eigenvalue weighted by Gasteiger charge is 2.32. The minimum absolute atomic E-state index is 0.0828. The van der Waals surface area contributed by atoms with Crippen LogP contribution in [-0.4, -0.2) is 204 Å². The maximum Gasteiger partial charge on any atom is 0.331 e. The number of hydrogen-bond donors (Lipinski definition) is 0. The summed E-state index contributed by atoms with van der Waals surface area (Å²) < 4.78 is 42.6. The second-order valence-corrected chi connectivity index (χ2v) is 42.0. The molecule has 4 atom stereocenters. The first-order valence-corrected chi connectivity index (χ1v) is 46.5. The maximum atomic E-state index is 11.7. The predicted molar refractivity (Wildman–Crippen MR) is 540 cm³/mol. The molecular weight excluding hydrogens is 1840 g/mol. The number of carbonyl (C=O) groups excluding carboxylic acids is 25. The van der Waals surface area contributed by atoms with Crippen molar-refractivity contribution in [2.75, 3.05) is 33.0 Å². The average molecular weight is 2010 g/mol. The molecule has 0 rings (SSSR count). The summed E-state index contributed by atoms with van der Waals surface area (Å²) in [5, 5.41) is 0. The fourth-order valence-electron chi connectivity index (χ4n) is 7.57. The highest BCUT2D eigenvalue weighted by Crippen LogP contribution is 2.24. The first kappa shape index (κ1) is 150. The minimum Gasteiger partial charge on any atom is -0.466 e. The van der Waals surface area contributed by atoms with Gasteiger partial charge in [0.15, 0.2) is 100 Å². The van der Waals surface area contributed by atoms with E-state index in [1.54, 1.807) is 173 Å². The molecule has 0 saturated heterocycles. The summed E-state index contributed by atoms with van der Waals surface area (Å²) in [4.78, 5) is 277. The Bertz CT molecular complexity index is 4160. The summed E-state index contributed by atoms with van der Waals surface area (Å²) in [5.74, 6) is -6.65. The Morgan fingerprint density at radius 3 is 0.577 bits per heavy atom. The normalized spacial score (nSPS) is 12.4. The fraction of sp³-hybridized carbons (Fsp3) is 0.639. The molecule has 0 aliphatic rings. The van der Waals surface area contributed by atoms with E-state index in [1.165, 1.54) is 93.5 Å². The van der Waals surface area contributed by atoms with Crippen LogP contribution in [0.5, 0.6) is 0 Å². The van der Waals surface area contributed by atoms with E-state index in [0.717, 1.165) is 60.8 Å².